The van der Waals surface area contributed by atoms with E-state index >= 15 is 0 Å². The van der Waals surface area contributed by atoms with Gasteiger partial charge in [-0.25, -0.2) is 0 Å². The lowest BCUT2D eigenvalue weighted by Gasteiger charge is -2.05. The highest BCUT2D eigenvalue weighted by Crippen LogP contribution is 2.08. The number of rotatable bonds is 4. The Labute approximate surface area is 66.5 Å². The highest BCUT2D eigenvalue weighted by molar-refractivity contribution is 6.52. The number of hydrogen-bond donors (Lipinski definition) is 2. The topological polar surface area (TPSA) is 49.7 Å². The van der Waals surface area contributed by atoms with Gasteiger partial charge in [0.25, 0.3) is 0 Å². The molecule has 0 rings (SSSR count). The molecule has 2 N–H and O–H groups in total. The first-order chi connectivity index (χ1) is 5.17. The van der Waals surface area contributed by atoms with Crippen molar-refractivity contribution < 1.29 is 14.8 Å². The van der Waals surface area contributed by atoms with Crippen molar-refractivity contribution in [2.24, 2.45) is 0 Å². The Morgan fingerprint density at radius 2 is 1.91 bits per heavy atom. The molecule has 0 aromatic rings. The minimum Gasteiger partial charge on any atom is -0.497 e. The van der Waals surface area contributed by atoms with E-state index in [1.54, 1.807) is 0 Å². The third-order valence-corrected chi connectivity index (χ3v) is 1.19. The summed E-state index contributed by atoms with van der Waals surface area (Å²) >= 11 is 0. The van der Waals surface area contributed by atoms with Gasteiger partial charge in [-0.2, -0.15) is 0 Å². The van der Waals surface area contributed by atoms with E-state index in [2.05, 4.69) is 13.2 Å². The van der Waals surface area contributed by atoms with Crippen molar-refractivity contribution in [3.63, 3.8) is 0 Å². The van der Waals surface area contributed by atoms with Gasteiger partial charge in [0, 0.05) is 5.47 Å². The fourth-order valence-electron chi connectivity index (χ4n) is 0.652. The van der Waals surface area contributed by atoms with Crippen LogP contribution < -0.4 is 0 Å². The van der Waals surface area contributed by atoms with Crippen LogP contribution in [0.5, 0.6) is 0 Å². The molecule has 0 heterocycles. The Morgan fingerprint density at radius 3 is 2.00 bits per heavy atom. The Morgan fingerprint density at radius 1 is 1.36 bits per heavy atom. The van der Waals surface area contributed by atoms with Gasteiger partial charge in [-0.3, -0.25) is 0 Å². The van der Waals surface area contributed by atoms with E-state index in [-0.39, 0.29) is 5.47 Å². The van der Waals surface area contributed by atoms with E-state index in [0.29, 0.717) is 5.76 Å². The van der Waals surface area contributed by atoms with Crippen molar-refractivity contribution in [1.29, 1.82) is 0 Å². The SMILES string of the molecule is C=C/C(OC)=C(\C=C)B(O)O. The van der Waals surface area contributed by atoms with E-state index in [1.165, 1.54) is 19.3 Å². The van der Waals surface area contributed by atoms with Crippen LogP contribution in [0.1, 0.15) is 0 Å². The molecular weight excluding hydrogens is 143 g/mol. The first kappa shape index (κ1) is 10.0. The predicted molar refractivity (Wildman–Crippen MR) is 44.6 cm³/mol. The third kappa shape index (κ3) is 2.61. The molecule has 4 heteroatoms. The van der Waals surface area contributed by atoms with E-state index in [9.17, 15) is 0 Å². The van der Waals surface area contributed by atoms with Crippen LogP contribution in [0.2, 0.25) is 0 Å². The molecule has 0 radical (unpaired) electrons. The second kappa shape index (κ2) is 4.76. The van der Waals surface area contributed by atoms with Gasteiger partial charge in [-0.05, 0) is 6.08 Å². The number of methoxy groups -OCH3 is 1. The van der Waals surface area contributed by atoms with Crippen LogP contribution in [0.3, 0.4) is 0 Å². The van der Waals surface area contributed by atoms with Crippen LogP contribution in [0, 0.1) is 0 Å². The van der Waals surface area contributed by atoms with Crippen molar-refractivity contribution in [1.82, 2.24) is 0 Å². The zero-order chi connectivity index (χ0) is 8.85. The molecule has 0 amide bonds. The molecule has 0 unspecified atom stereocenters. The van der Waals surface area contributed by atoms with E-state index in [1.807, 2.05) is 0 Å². The molecule has 0 atom stereocenters. The number of hydrogen-bond acceptors (Lipinski definition) is 3. The molecule has 0 aromatic carbocycles. The van der Waals surface area contributed by atoms with Gasteiger partial charge in [-0.15, -0.1) is 0 Å². The van der Waals surface area contributed by atoms with Crippen molar-refractivity contribution in [3.8, 4) is 0 Å². The van der Waals surface area contributed by atoms with Crippen molar-refractivity contribution in [2.45, 2.75) is 0 Å². The van der Waals surface area contributed by atoms with E-state index in [0.717, 1.165) is 0 Å². The second-order valence-corrected chi connectivity index (χ2v) is 1.81. The van der Waals surface area contributed by atoms with Crippen LogP contribution in [-0.2, 0) is 4.74 Å². The van der Waals surface area contributed by atoms with E-state index in [4.69, 9.17) is 14.8 Å². The molecule has 0 bridgehead atoms. The van der Waals surface area contributed by atoms with Crippen LogP contribution in [0.4, 0.5) is 0 Å². The molecule has 0 spiro atoms. The molecular formula is C7H11BO3. The standard InChI is InChI=1S/C7H11BO3/c1-4-6(8(9)10)7(5-2)11-3/h4-5,9-10H,1-2H2,3H3/b7-6-. The average Bonchev–Trinajstić information content (AvgIpc) is 1.99. The molecule has 3 nitrogen and oxygen atoms in total. The summed E-state index contributed by atoms with van der Waals surface area (Å²) in [6.45, 7) is 6.82. The molecule has 0 saturated heterocycles. The highest BCUT2D eigenvalue weighted by Gasteiger charge is 2.15. The molecule has 0 aliphatic carbocycles. The van der Waals surface area contributed by atoms with Gasteiger partial charge in [-0.1, -0.05) is 19.2 Å². The zero-order valence-corrected chi connectivity index (χ0v) is 6.45. The van der Waals surface area contributed by atoms with E-state index < -0.39 is 7.12 Å². The van der Waals surface area contributed by atoms with Gasteiger partial charge in [0.15, 0.2) is 0 Å². The van der Waals surface area contributed by atoms with Crippen molar-refractivity contribution in [2.75, 3.05) is 7.11 Å². The summed E-state index contributed by atoms with van der Waals surface area (Å²) in [6, 6.07) is 0. The summed E-state index contributed by atoms with van der Waals surface area (Å²) in [6.07, 6.45) is 2.70. The minimum absolute atomic E-state index is 0.211. The Balaban J connectivity index is 4.76. The highest BCUT2D eigenvalue weighted by atomic mass is 16.5. The maximum Gasteiger partial charge on any atom is 0.492 e. The quantitative estimate of drug-likeness (QED) is 0.347. The lowest BCUT2D eigenvalue weighted by molar-refractivity contribution is 0.302. The second-order valence-electron chi connectivity index (χ2n) is 1.81. The Kier molecular flexibility index (Phi) is 4.33. The van der Waals surface area contributed by atoms with Gasteiger partial charge in [0.05, 0.1) is 7.11 Å². The number of allylic oxidation sites excluding steroid dienone is 3. The van der Waals surface area contributed by atoms with Crippen LogP contribution in [0.15, 0.2) is 36.5 Å². The summed E-state index contributed by atoms with van der Waals surface area (Å²) < 4.78 is 4.78. The summed E-state index contributed by atoms with van der Waals surface area (Å²) in [7, 11) is -0.149. The van der Waals surface area contributed by atoms with Gasteiger partial charge >= 0.3 is 7.12 Å². The molecule has 0 aromatic heterocycles. The molecule has 0 aliphatic heterocycles. The van der Waals surface area contributed by atoms with Crippen LogP contribution in [0.25, 0.3) is 0 Å². The normalized spacial score (nSPS) is 11.5. The summed E-state index contributed by atoms with van der Waals surface area (Å²) in [4.78, 5) is 0. The number of ether oxygens (including phenoxy) is 1. The van der Waals surface area contributed by atoms with Gasteiger partial charge in [0.2, 0.25) is 0 Å². The lowest BCUT2D eigenvalue weighted by atomic mass is 9.78. The van der Waals surface area contributed by atoms with Crippen molar-refractivity contribution >= 4 is 7.12 Å². The summed E-state index contributed by atoms with van der Waals surface area (Å²) in [5, 5.41) is 17.5. The molecule has 0 saturated carbocycles. The van der Waals surface area contributed by atoms with Gasteiger partial charge < -0.3 is 14.8 Å². The third-order valence-electron chi connectivity index (χ3n) is 1.19. The Bertz CT molecular complexity index is 184. The fourth-order valence-corrected chi connectivity index (χ4v) is 0.652. The minimum atomic E-state index is -1.57. The lowest BCUT2D eigenvalue weighted by Crippen LogP contribution is -2.16. The fraction of sp³-hybridized carbons (Fsp3) is 0.143. The molecule has 60 valence electrons. The molecule has 0 aliphatic rings. The smallest absolute Gasteiger partial charge is 0.492 e. The van der Waals surface area contributed by atoms with Crippen molar-refractivity contribution in [3.05, 3.63) is 36.5 Å². The summed E-state index contributed by atoms with van der Waals surface area (Å²) in [5.74, 6) is 0.315. The van der Waals surface area contributed by atoms with Crippen LogP contribution >= 0.6 is 0 Å². The van der Waals surface area contributed by atoms with Crippen LogP contribution in [-0.4, -0.2) is 24.3 Å². The zero-order valence-electron chi connectivity index (χ0n) is 6.45. The first-order valence-corrected chi connectivity index (χ1v) is 3.06. The molecule has 11 heavy (non-hydrogen) atoms. The predicted octanol–water partition coefficient (Wildman–Crippen LogP) is 0.271. The maximum absolute atomic E-state index is 8.74. The first-order valence-electron chi connectivity index (χ1n) is 3.06. The largest absolute Gasteiger partial charge is 0.497 e. The Hall–Kier alpha value is -0.995. The maximum atomic E-state index is 8.74. The monoisotopic (exact) mass is 154 g/mol. The van der Waals surface area contributed by atoms with Gasteiger partial charge in [0.1, 0.15) is 5.76 Å². The summed E-state index contributed by atoms with van der Waals surface area (Å²) in [5.41, 5.74) is 0.211. The average molecular weight is 154 g/mol. The molecule has 0 fully saturated rings.